The number of rotatable bonds is 6. The largest absolute Gasteiger partial charge is 0.445 e. The minimum Gasteiger partial charge on any atom is -0.445 e. The third-order valence-electron chi connectivity index (χ3n) is 4.55. The predicted molar refractivity (Wildman–Crippen MR) is 111 cm³/mol. The number of carbonyl (C=O) groups excluding carboxylic acids is 2. The molecule has 1 heterocycles. The Hall–Kier alpha value is -3.61. The van der Waals surface area contributed by atoms with Crippen molar-refractivity contribution in [1.82, 2.24) is 5.32 Å². The van der Waals surface area contributed by atoms with Crippen LogP contribution in [0.15, 0.2) is 63.8 Å². The van der Waals surface area contributed by atoms with Crippen molar-refractivity contribution in [1.29, 1.82) is 0 Å². The Balaban J connectivity index is 1.67. The van der Waals surface area contributed by atoms with Gasteiger partial charge in [0.25, 0.3) is 0 Å². The topological polar surface area (TPSA) is 94.8 Å². The summed E-state index contributed by atoms with van der Waals surface area (Å²) in [6, 6.07) is 14.5. The van der Waals surface area contributed by atoms with E-state index < -0.39 is 23.7 Å². The number of amides is 1. The average Bonchev–Trinajstić information content (AvgIpc) is 2.70. The van der Waals surface area contributed by atoms with E-state index >= 15 is 0 Å². The van der Waals surface area contributed by atoms with Crippen molar-refractivity contribution in [2.75, 3.05) is 0 Å². The first kappa shape index (κ1) is 21.1. The molecule has 0 radical (unpaired) electrons. The van der Waals surface area contributed by atoms with Crippen LogP contribution in [0.25, 0.3) is 11.0 Å². The first-order valence-corrected chi connectivity index (χ1v) is 9.57. The molecule has 0 aliphatic rings. The molecule has 0 fully saturated rings. The van der Waals surface area contributed by atoms with Crippen molar-refractivity contribution in [2.45, 2.75) is 33.4 Å². The lowest BCUT2D eigenvalue weighted by molar-refractivity contribution is -0.137. The summed E-state index contributed by atoms with van der Waals surface area (Å²) in [5.41, 5.74) is 1.44. The lowest BCUT2D eigenvalue weighted by Crippen LogP contribution is -2.46. The molecule has 0 bridgehead atoms. The van der Waals surface area contributed by atoms with Crippen LogP contribution in [0.1, 0.15) is 25.0 Å². The van der Waals surface area contributed by atoms with Crippen molar-refractivity contribution in [3.8, 4) is 5.75 Å². The summed E-state index contributed by atoms with van der Waals surface area (Å²) in [5, 5.41) is 3.30. The van der Waals surface area contributed by atoms with Gasteiger partial charge in [-0.15, -0.1) is 0 Å². The maximum Gasteiger partial charge on any atom is 0.408 e. The van der Waals surface area contributed by atoms with Crippen LogP contribution in [0.3, 0.4) is 0 Å². The minimum atomic E-state index is -0.909. The van der Waals surface area contributed by atoms with Crippen LogP contribution in [-0.4, -0.2) is 18.1 Å². The maximum atomic E-state index is 12.6. The molecule has 0 aliphatic heterocycles. The number of nitrogens with one attached hydrogen (secondary N) is 1. The van der Waals surface area contributed by atoms with Gasteiger partial charge in [-0.1, -0.05) is 44.2 Å². The van der Waals surface area contributed by atoms with Crippen LogP contribution < -0.4 is 15.7 Å². The van der Waals surface area contributed by atoms with Gasteiger partial charge in [0.15, 0.2) is 0 Å². The molecular weight excluding hydrogens is 386 g/mol. The number of hydrogen-bond donors (Lipinski definition) is 1. The van der Waals surface area contributed by atoms with E-state index in [9.17, 15) is 14.4 Å². The number of ether oxygens (including phenoxy) is 2. The molecule has 1 amide bonds. The third kappa shape index (κ3) is 5.26. The van der Waals surface area contributed by atoms with E-state index in [1.54, 1.807) is 32.9 Å². The van der Waals surface area contributed by atoms with Gasteiger partial charge in [-0.3, -0.25) is 0 Å². The molecule has 3 aromatic rings. The van der Waals surface area contributed by atoms with Gasteiger partial charge in [-0.25, -0.2) is 14.4 Å². The van der Waals surface area contributed by atoms with Crippen LogP contribution in [0.4, 0.5) is 4.79 Å². The Kier molecular flexibility index (Phi) is 6.51. The fourth-order valence-electron chi connectivity index (χ4n) is 2.94. The summed E-state index contributed by atoms with van der Waals surface area (Å²) in [7, 11) is 0. The van der Waals surface area contributed by atoms with Gasteiger partial charge in [0, 0.05) is 17.5 Å². The second kappa shape index (κ2) is 9.26. The molecule has 1 N–H and O–H groups in total. The highest BCUT2D eigenvalue weighted by atomic mass is 16.6. The fourth-order valence-corrected chi connectivity index (χ4v) is 2.94. The molecule has 1 aromatic heterocycles. The highest BCUT2D eigenvalue weighted by molar-refractivity contribution is 5.85. The van der Waals surface area contributed by atoms with Crippen molar-refractivity contribution in [3.05, 3.63) is 76.1 Å². The molecule has 7 nitrogen and oxygen atoms in total. The quantitative estimate of drug-likeness (QED) is 0.376. The van der Waals surface area contributed by atoms with Crippen molar-refractivity contribution in [3.63, 3.8) is 0 Å². The van der Waals surface area contributed by atoms with Crippen molar-refractivity contribution >= 4 is 23.0 Å². The SMILES string of the molecule is Cc1cc(=O)oc2cc(OC(=O)[C@@H](NC(=O)OCc3ccccc3)C(C)C)ccc12. The van der Waals surface area contributed by atoms with Crippen LogP contribution in [0.5, 0.6) is 5.75 Å². The van der Waals surface area contributed by atoms with Gasteiger partial charge in [0.05, 0.1) is 0 Å². The summed E-state index contributed by atoms with van der Waals surface area (Å²) in [6.07, 6.45) is -0.713. The molecule has 0 saturated heterocycles. The van der Waals surface area contributed by atoms with Crippen molar-refractivity contribution < 1.29 is 23.5 Å². The Morgan fingerprint density at radius 2 is 1.80 bits per heavy atom. The lowest BCUT2D eigenvalue weighted by Gasteiger charge is -2.20. The summed E-state index contributed by atoms with van der Waals surface area (Å²) in [4.78, 5) is 36.4. The summed E-state index contributed by atoms with van der Waals surface area (Å²) < 4.78 is 15.8. The molecule has 7 heteroatoms. The first-order chi connectivity index (χ1) is 14.3. The van der Waals surface area contributed by atoms with Crippen molar-refractivity contribution in [2.24, 2.45) is 5.92 Å². The molecule has 1 atom stereocenters. The number of hydrogen-bond acceptors (Lipinski definition) is 6. The number of carbonyl (C=O) groups is 2. The number of benzene rings is 2. The molecule has 0 aliphatic carbocycles. The fraction of sp³-hybridized carbons (Fsp3) is 0.261. The third-order valence-corrected chi connectivity index (χ3v) is 4.55. The monoisotopic (exact) mass is 409 g/mol. The normalized spacial score (nSPS) is 11.9. The van der Waals surface area contributed by atoms with Crippen LogP contribution in [0, 0.1) is 12.8 Å². The zero-order valence-electron chi connectivity index (χ0n) is 17.0. The van der Waals surface area contributed by atoms with E-state index in [1.807, 2.05) is 30.3 Å². The van der Waals surface area contributed by atoms with E-state index in [4.69, 9.17) is 13.9 Å². The highest BCUT2D eigenvalue weighted by Crippen LogP contribution is 2.23. The number of esters is 1. The lowest BCUT2D eigenvalue weighted by atomic mass is 10.1. The van der Waals surface area contributed by atoms with E-state index in [2.05, 4.69) is 5.32 Å². The second-order valence-electron chi connectivity index (χ2n) is 7.26. The van der Waals surface area contributed by atoms with E-state index in [-0.39, 0.29) is 18.3 Å². The molecule has 0 spiro atoms. The number of fused-ring (bicyclic) bond motifs is 1. The molecule has 3 rings (SSSR count). The summed E-state index contributed by atoms with van der Waals surface area (Å²) >= 11 is 0. The number of alkyl carbamates (subject to hydrolysis) is 1. The second-order valence-corrected chi connectivity index (χ2v) is 7.26. The summed E-state index contributed by atoms with van der Waals surface area (Å²) in [5.74, 6) is -0.662. The molecule has 0 saturated carbocycles. The minimum absolute atomic E-state index is 0.0929. The zero-order valence-corrected chi connectivity index (χ0v) is 17.0. The van der Waals surface area contributed by atoms with Crippen LogP contribution >= 0.6 is 0 Å². The average molecular weight is 409 g/mol. The molecule has 30 heavy (non-hydrogen) atoms. The molecule has 0 unspecified atom stereocenters. The Morgan fingerprint density at radius 3 is 2.50 bits per heavy atom. The Labute approximate surface area is 173 Å². The van der Waals surface area contributed by atoms with Crippen LogP contribution in [-0.2, 0) is 16.1 Å². The first-order valence-electron chi connectivity index (χ1n) is 9.57. The van der Waals surface area contributed by atoms with Gasteiger partial charge >= 0.3 is 17.7 Å². The van der Waals surface area contributed by atoms with Gasteiger partial charge < -0.3 is 19.2 Å². The smallest absolute Gasteiger partial charge is 0.408 e. The molecule has 156 valence electrons. The zero-order chi connectivity index (χ0) is 21.7. The van der Waals surface area contributed by atoms with E-state index in [1.165, 1.54) is 12.1 Å². The Bertz CT molecular complexity index is 1100. The Morgan fingerprint density at radius 1 is 1.07 bits per heavy atom. The van der Waals surface area contributed by atoms with Gasteiger partial charge in [0.1, 0.15) is 24.0 Å². The van der Waals surface area contributed by atoms with Gasteiger partial charge in [-0.2, -0.15) is 0 Å². The molecular formula is C23H23NO6. The standard InChI is InChI=1S/C23H23NO6/c1-14(2)21(24-23(27)28-13-16-7-5-4-6-8-16)22(26)29-17-9-10-18-15(3)11-20(25)30-19(18)12-17/h4-12,14,21H,13H2,1-3H3,(H,24,27)/t21-/m0/s1. The van der Waals surface area contributed by atoms with E-state index in [0.717, 1.165) is 16.5 Å². The van der Waals surface area contributed by atoms with Gasteiger partial charge in [-0.05, 0) is 36.1 Å². The number of aryl methyl sites for hydroxylation is 1. The highest BCUT2D eigenvalue weighted by Gasteiger charge is 2.27. The van der Waals surface area contributed by atoms with Gasteiger partial charge in [0.2, 0.25) is 0 Å². The van der Waals surface area contributed by atoms with E-state index in [0.29, 0.717) is 5.58 Å². The molecule has 2 aromatic carbocycles. The predicted octanol–water partition coefficient (Wildman–Crippen LogP) is 3.96. The summed E-state index contributed by atoms with van der Waals surface area (Å²) in [6.45, 7) is 5.46. The maximum absolute atomic E-state index is 12.6. The van der Waals surface area contributed by atoms with Crippen LogP contribution in [0.2, 0.25) is 0 Å².